The van der Waals surface area contributed by atoms with Crippen LogP contribution in [0.4, 0.5) is 0 Å². The Morgan fingerprint density at radius 1 is 1.33 bits per heavy atom. The molecule has 0 bridgehead atoms. The summed E-state index contributed by atoms with van der Waals surface area (Å²) < 4.78 is 5.37. The van der Waals surface area contributed by atoms with E-state index in [2.05, 4.69) is 17.9 Å². The second-order valence-electron chi connectivity index (χ2n) is 6.29. The average molecular weight is 250 g/mol. The summed E-state index contributed by atoms with van der Waals surface area (Å²) in [5, 5.41) is 20.7. The topological polar surface area (TPSA) is 56.5 Å². The van der Waals surface area contributed by atoms with Crippen molar-refractivity contribution >= 4 is 0 Å². The van der Waals surface area contributed by atoms with Gasteiger partial charge in [0.2, 0.25) is 0 Å². The van der Waals surface area contributed by atoms with Crippen molar-refractivity contribution in [2.45, 2.75) is 56.7 Å². The van der Waals surface area contributed by atoms with Crippen LogP contribution in [0, 0.1) is 16.7 Å². The lowest BCUT2D eigenvalue weighted by molar-refractivity contribution is -0.0964. The van der Waals surface area contributed by atoms with E-state index in [9.17, 15) is 10.4 Å². The third-order valence-electron chi connectivity index (χ3n) is 5.11. The third kappa shape index (κ3) is 1.77. The second-order valence-corrected chi connectivity index (χ2v) is 6.29. The van der Waals surface area contributed by atoms with Crippen molar-refractivity contribution in [1.29, 1.82) is 5.26 Å². The van der Waals surface area contributed by atoms with Crippen LogP contribution in [0.3, 0.4) is 0 Å². The normalized spacial score (nSPS) is 40.6. The minimum absolute atomic E-state index is 0.399. The maximum absolute atomic E-state index is 11.1. The van der Waals surface area contributed by atoms with Gasteiger partial charge in [0.05, 0.1) is 17.1 Å². The van der Waals surface area contributed by atoms with Gasteiger partial charge in [-0.1, -0.05) is 0 Å². The lowest BCUT2D eigenvalue weighted by Gasteiger charge is -2.42. The number of β-amino-alcohol motifs (C(OH)–C–C–N with tert-alkyl or cyclic N) is 1. The van der Waals surface area contributed by atoms with Gasteiger partial charge in [0.1, 0.15) is 0 Å². The largest absolute Gasteiger partial charge is 0.387 e. The van der Waals surface area contributed by atoms with E-state index >= 15 is 0 Å². The van der Waals surface area contributed by atoms with Gasteiger partial charge in [0.15, 0.2) is 0 Å². The highest BCUT2D eigenvalue weighted by molar-refractivity contribution is 5.17. The number of nitrogens with zero attached hydrogens (tertiary/aromatic N) is 2. The number of nitriles is 1. The van der Waals surface area contributed by atoms with Crippen molar-refractivity contribution in [2.75, 3.05) is 19.8 Å². The molecule has 3 rings (SSSR count). The summed E-state index contributed by atoms with van der Waals surface area (Å²) in [5.74, 6) is 0. The number of hydrogen-bond donors (Lipinski definition) is 1. The molecule has 0 spiro atoms. The maximum Gasteiger partial charge on any atom is 0.0976 e. The molecule has 0 radical (unpaired) electrons. The number of likely N-dealkylation sites (tertiary alicyclic amines) is 1. The molecule has 100 valence electrons. The van der Waals surface area contributed by atoms with Crippen molar-refractivity contribution in [1.82, 2.24) is 4.90 Å². The smallest absolute Gasteiger partial charge is 0.0976 e. The van der Waals surface area contributed by atoms with Crippen LogP contribution >= 0.6 is 0 Å². The zero-order valence-corrected chi connectivity index (χ0v) is 11.1. The number of hydrogen-bond acceptors (Lipinski definition) is 4. The number of ether oxygens (including phenoxy) is 1. The van der Waals surface area contributed by atoms with Gasteiger partial charge in [0.25, 0.3) is 0 Å². The Balaban J connectivity index is 1.83. The predicted octanol–water partition coefficient (Wildman–Crippen LogP) is 1.29. The summed E-state index contributed by atoms with van der Waals surface area (Å²) in [5.41, 5.74) is -1.43. The maximum atomic E-state index is 11.1. The predicted molar refractivity (Wildman–Crippen MR) is 66.9 cm³/mol. The van der Waals surface area contributed by atoms with Gasteiger partial charge in [-0.15, -0.1) is 0 Å². The minimum Gasteiger partial charge on any atom is -0.387 e. The van der Waals surface area contributed by atoms with E-state index in [0.29, 0.717) is 44.7 Å². The second kappa shape index (κ2) is 4.19. The fourth-order valence-electron chi connectivity index (χ4n) is 3.77. The molecule has 0 amide bonds. The van der Waals surface area contributed by atoms with Crippen LogP contribution in [-0.4, -0.2) is 47.4 Å². The van der Waals surface area contributed by atoms with Gasteiger partial charge in [-0.25, -0.2) is 0 Å². The molecule has 2 aliphatic heterocycles. The summed E-state index contributed by atoms with van der Waals surface area (Å²) in [6, 6.07) is 3.50. The molecular formula is C14H22N2O2. The summed E-state index contributed by atoms with van der Waals surface area (Å²) in [6.45, 7) is 4.06. The molecule has 0 aromatic heterocycles. The van der Waals surface area contributed by atoms with Gasteiger partial charge in [-0.05, 0) is 39.0 Å². The van der Waals surface area contributed by atoms with Crippen LogP contribution in [0.1, 0.15) is 39.0 Å². The van der Waals surface area contributed by atoms with E-state index < -0.39 is 11.0 Å². The lowest BCUT2D eigenvalue weighted by atomic mass is 9.67. The summed E-state index contributed by atoms with van der Waals surface area (Å²) in [4.78, 5) is 2.41. The standard InChI is InChI=1S/C14H22N2O2/c1-11-8-14(17,10-16(11)12-2-3-12)13(9-15)4-6-18-7-5-13/h11-12,17H,2-8,10H2,1H3. The van der Waals surface area contributed by atoms with Gasteiger partial charge in [-0.3, -0.25) is 4.90 Å². The molecule has 0 aromatic rings. The fourth-order valence-corrected chi connectivity index (χ4v) is 3.77. The van der Waals surface area contributed by atoms with Gasteiger partial charge in [-0.2, -0.15) is 5.26 Å². The van der Waals surface area contributed by atoms with Crippen LogP contribution in [0.25, 0.3) is 0 Å². The molecule has 1 saturated carbocycles. The first kappa shape index (κ1) is 12.4. The molecule has 1 N–H and O–H groups in total. The van der Waals surface area contributed by atoms with E-state index in [4.69, 9.17) is 4.74 Å². The average Bonchev–Trinajstić information content (AvgIpc) is 3.16. The van der Waals surface area contributed by atoms with Gasteiger partial charge >= 0.3 is 0 Å². The third-order valence-corrected chi connectivity index (χ3v) is 5.11. The van der Waals surface area contributed by atoms with Crippen LogP contribution in [0.15, 0.2) is 0 Å². The summed E-state index contributed by atoms with van der Waals surface area (Å²) in [7, 11) is 0. The van der Waals surface area contributed by atoms with E-state index in [-0.39, 0.29) is 0 Å². The van der Waals surface area contributed by atoms with Crippen molar-refractivity contribution < 1.29 is 9.84 Å². The fraction of sp³-hybridized carbons (Fsp3) is 0.929. The molecule has 2 saturated heterocycles. The molecule has 1 aliphatic carbocycles. The first-order valence-corrected chi connectivity index (χ1v) is 7.07. The van der Waals surface area contributed by atoms with Crippen LogP contribution < -0.4 is 0 Å². The van der Waals surface area contributed by atoms with Crippen molar-refractivity contribution in [3.63, 3.8) is 0 Å². The first-order valence-electron chi connectivity index (χ1n) is 7.07. The van der Waals surface area contributed by atoms with Crippen molar-refractivity contribution in [2.24, 2.45) is 5.41 Å². The Labute approximate surface area is 109 Å². The van der Waals surface area contributed by atoms with E-state index in [0.717, 1.165) is 6.42 Å². The highest BCUT2D eigenvalue weighted by Gasteiger charge is 2.58. The lowest BCUT2D eigenvalue weighted by Crippen LogP contribution is -2.52. The van der Waals surface area contributed by atoms with E-state index in [1.807, 2.05) is 0 Å². The zero-order valence-electron chi connectivity index (χ0n) is 11.1. The molecule has 2 heterocycles. The quantitative estimate of drug-likeness (QED) is 0.802. The Morgan fingerprint density at radius 2 is 2.00 bits per heavy atom. The summed E-state index contributed by atoms with van der Waals surface area (Å²) >= 11 is 0. The van der Waals surface area contributed by atoms with Crippen LogP contribution in [-0.2, 0) is 4.74 Å². The van der Waals surface area contributed by atoms with Crippen LogP contribution in [0.5, 0.6) is 0 Å². The molecule has 4 heteroatoms. The Hall–Kier alpha value is -0.630. The Bertz CT molecular complexity index is 368. The highest BCUT2D eigenvalue weighted by atomic mass is 16.5. The van der Waals surface area contributed by atoms with Crippen molar-refractivity contribution in [3.05, 3.63) is 0 Å². The molecule has 3 fully saturated rings. The zero-order chi connectivity index (χ0) is 12.8. The molecule has 3 aliphatic rings. The number of rotatable bonds is 2. The monoisotopic (exact) mass is 250 g/mol. The Kier molecular flexibility index (Phi) is 2.89. The van der Waals surface area contributed by atoms with Gasteiger partial charge in [0, 0.05) is 31.8 Å². The summed E-state index contributed by atoms with van der Waals surface area (Å²) in [6.07, 6.45) is 4.58. The molecule has 18 heavy (non-hydrogen) atoms. The molecule has 4 nitrogen and oxygen atoms in total. The Morgan fingerprint density at radius 3 is 2.56 bits per heavy atom. The number of aliphatic hydroxyl groups is 1. The minimum atomic E-state index is -0.840. The first-order chi connectivity index (χ1) is 8.60. The van der Waals surface area contributed by atoms with E-state index in [1.54, 1.807) is 0 Å². The van der Waals surface area contributed by atoms with Crippen molar-refractivity contribution in [3.8, 4) is 6.07 Å². The highest BCUT2D eigenvalue weighted by Crippen LogP contribution is 2.49. The molecule has 2 atom stereocenters. The van der Waals surface area contributed by atoms with E-state index in [1.165, 1.54) is 12.8 Å². The van der Waals surface area contributed by atoms with Gasteiger partial charge < -0.3 is 9.84 Å². The molecule has 2 unspecified atom stereocenters. The van der Waals surface area contributed by atoms with Crippen LogP contribution in [0.2, 0.25) is 0 Å². The SMILES string of the molecule is CC1CC(O)(C2(C#N)CCOCC2)CN1C1CC1. The molecule has 0 aromatic carbocycles. The molecular weight excluding hydrogens is 228 g/mol.